The zero-order valence-electron chi connectivity index (χ0n) is 11.1. The summed E-state index contributed by atoms with van der Waals surface area (Å²) in [6, 6.07) is 0. The number of aromatic nitrogens is 4. The van der Waals surface area contributed by atoms with Crippen LogP contribution in [-0.2, 0) is 13.5 Å². The second-order valence-electron chi connectivity index (χ2n) is 5.83. The van der Waals surface area contributed by atoms with Gasteiger partial charge in [0.25, 0.3) is 0 Å². The van der Waals surface area contributed by atoms with E-state index in [1.807, 2.05) is 0 Å². The maximum Gasteiger partial charge on any atom is 0.176 e. The Kier molecular flexibility index (Phi) is 3.47. The summed E-state index contributed by atoms with van der Waals surface area (Å²) in [5.41, 5.74) is 6.38. The van der Waals surface area contributed by atoms with Gasteiger partial charge >= 0.3 is 0 Å². The largest absolute Gasteiger partial charge is 0.325 e. The van der Waals surface area contributed by atoms with Crippen molar-refractivity contribution in [2.45, 2.75) is 51.5 Å². The van der Waals surface area contributed by atoms with Crippen LogP contribution in [0.3, 0.4) is 0 Å². The average molecular weight is 237 g/mol. The van der Waals surface area contributed by atoms with Crippen LogP contribution in [0.25, 0.3) is 0 Å². The maximum atomic E-state index is 6.51. The second-order valence-corrected chi connectivity index (χ2v) is 5.83. The minimum absolute atomic E-state index is 0.129. The number of nitrogens with two attached hydrogens (primary N) is 1. The molecule has 2 unspecified atom stereocenters. The fraction of sp³-hybridized carbons (Fsp3) is 0.917. The van der Waals surface area contributed by atoms with Crippen molar-refractivity contribution in [1.29, 1.82) is 0 Å². The third-order valence-electron chi connectivity index (χ3n) is 3.92. The molecule has 5 nitrogen and oxygen atoms in total. The molecule has 0 amide bonds. The Morgan fingerprint density at radius 3 is 2.88 bits per heavy atom. The molecule has 1 fully saturated rings. The number of hydrogen-bond acceptors (Lipinski definition) is 4. The number of aryl methyl sites for hydroxylation is 1. The second kappa shape index (κ2) is 4.72. The summed E-state index contributed by atoms with van der Waals surface area (Å²) in [6.45, 7) is 4.58. The van der Waals surface area contributed by atoms with Crippen molar-refractivity contribution in [3.63, 3.8) is 0 Å². The zero-order chi connectivity index (χ0) is 12.5. The third-order valence-corrected chi connectivity index (χ3v) is 3.92. The summed E-state index contributed by atoms with van der Waals surface area (Å²) >= 11 is 0. The lowest BCUT2D eigenvalue weighted by molar-refractivity contribution is 0.180. The van der Waals surface area contributed by atoms with Gasteiger partial charge in [0.2, 0.25) is 0 Å². The molecule has 5 heteroatoms. The van der Waals surface area contributed by atoms with E-state index in [1.165, 1.54) is 17.6 Å². The highest BCUT2D eigenvalue weighted by molar-refractivity contribution is 4.98. The summed E-state index contributed by atoms with van der Waals surface area (Å²) in [5.74, 6) is 2.23. The zero-order valence-corrected chi connectivity index (χ0v) is 11.1. The Morgan fingerprint density at radius 2 is 2.29 bits per heavy atom. The van der Waals surface area contributed by atoms with Gasteiger partial charge in [0.15, 0.2) is 5.82 Å². The summed E-state index contributed by atoms with van der Waals surface area (Å²) in [5, 5.41) is 12.1. The average Bonchev–Trinajstić information content (AvgIpc) is 2.63. The van der Waals surface area contributed by atoms with E-state index in [4.69, 9.17) is 5.73 Å². The highest BCUT2D eigenvalue weighted by Gasteiger charge is 2.35. The Bertz CT molecular complexity index is 373. The van der Waals surface area contributed by atoms with Gasteiger partial charge in [-0.15, -0.1) is 10.2 Å². The smallest absolute Gasteiger partial charge is 0.176 e. The van der Waals surface area contributed by atoms with Crippen LogP contribution < -0.4 is 5.73 Å². The molecule has 1 aromatic rings. The fourth-order valence-corrected chi connectivity index (χ4v) is 2.88. The van der Waals surface area contributed by atoms with E-state index >= 15 is 0 Å². The van der Waals surface area contributed by atoms with Crippen LogP contribution >= 0.6 is 0 Å². The molecule has 96 valence electrons. The van der Waals surface area contributed by atoms with Crippen LogP contribution in [0.4, 0.5) is 0 Å². The van der Waals surface area contributed by atoms with Crippen LogP contribution in [0.15, 0.2) is 0 Å². The van der Waals surface area contributed by atoms with Crippen LogP contribution in [0.2, 0.25) is 0 Å². The molecule has 1 saturated carbocycles. The van der Waals surface area contributed by atoms with E-state index < -0.39 is 0 Å². The molecule has 0 spiro atoms. The maximum absolute atomic E-state index is 6.51. The van der Waals surface area contributed by atoms with Crippen LogP contribution in [0.1, 0.15) is 45.4 Å². The van der Waals surface area contributed by atoms with E-state index in [9.17, 15) is 0 Å². The van der Waals surface area contributed by atoms with Gasteiger partial charge < -0.3 is 5.73 Å². The first-order valence-corrected chi connectivity index (χ1v) is 6.50. The lowest BCUT2D eigenvalue weighted by atomic mass is 9.71. The highest BCUT2D eigenvalue weighted by atomic mass is 15.6. The molecule has 17 heavy (non-hydrogen) atoms. The first-order valence-electron chi connectivity index (χ1n) is 6.50. The number of tetrazole rings is 1. The van der Waals surface area contributed by atoms with Gasteiger partial charge in [-0.05, 0) is 29.9 Å². The standard InChI is InChI=1S/C12H23N5/c1-9(2)10-5-4-6-12(13,7-10)8-11-14-16-17(3)15-11/h9-10H,4-8,13H2,1-3H3. The number of hydrogen-bond donors (Lipinski definition) is 1. The minimum atomic E-state index is -0.129. The molecule has 0 aliphatic heterocycles. The predicted molar refractivity (Wildman–Crippen MR) is 66.2 cm³/mol. The Labute approximate surface area is 103 Å². The molecular weight excluding hydrogens is 214 g/mol. The van der Waals surface area contributed by atoms with Gasteiger partial charge in [0.1, 0.15) is 0 Å². The Balaban J connectivity index is 2.03. The lowest BCUT2D eigenvalue weighted by Gasteiger charge is -2.39. The molecule has 1 aromatic heterocycles. The van der Waals surface area contributed by atoms with Crippen molar-refractivity contribution in [3.8, 4) is 0 Å². The van der Waals surface area contributed by atoms with Gasteiger partial charge in [-0.2, -0.15) is 4.80 Å². The Morgan fingerprint density at radius 1 is 1.53 bits per heavy atom. The Hall–Kier alpha value is -0.970. The topological polar surface area (TPSA) is 69.6 Å². The molecule has 0 saturated heterocycles. The van der Waals surface area contributed by atoms with Crippen molar-refractivity contribution in [2.75, 3.05) is 0 Å². The molecule has 1 heterocycles. The van der Waals surface area contributed by atoms with E-state index in [-0.39, 0.29) is 5.54 Å². The van der Waals surface area contributed by atoms with Gasteiger partial charge in [-0.3, -0.25) is 0 Å². The predicted octanol–water partition coefficient (Wildman–Crippen LogP) is 1.30. The van der Waals surface area contributed by atoms with Gasteiger partial charge in [-0.25, -0.2) is 0 Å². The monoisotopic (exact) mass is 237 g/mol. The first-order chi connectivity index (χ1) is 7.98. The van der Waals surface area contributed by atoms with Gasteiger partial charge in [0.05, 0.1) is 7.05 Å². The van der Waals surface area contributed by atoms with Crippen molar-refractivity contribution in [2.24, 2.45) is 24.6 Å². The van der Waals surface area contributed by atoms with Crippen LogP contribution in [0.5, 0.6) is 0 Å². The summed E-state index contributed by atoms with van der Waals surface area (Å²) in [4.78, 5) is 1.50. The van der Waals surface area contributed by atoms with Crippen molar-refractivity contribution >= 4 is 0 Å². The third kappa shape index (κ3) is 3.03. The number of nitrogens with zero attached hydrogens (tertiary/aromatic N) is 4. The molecule has 2 N–H and O–H groups in total. The molecule has 1 aliphatic rings. The molecule has 0 radical (unpaired) electrons. The molecular formula is C12H23N5. The van der Waals surface area contributed by atoms with E-state index in [0.29, 0.717) is 5.92 Å². The van der Waals surface area contributed by atoms with Crippen molar-refractivity contribution in [1.82, 2.24) is 20.2 Å². The SMILES string of the molecule is CC(C)C1CCCC(N)(Cc2nnn(C)n2)C1. The number of rotatable bonds is 3. The molecule has 0 bridgehead atoms. The highest BCUT2D eigenvalue weighted by Crippen LogP contribution is 2.36. The normalized spacial score (nSPS) is 29.8. The molecule has 2 rings (SSSR count). The van der Waals surface area contributed by atoms with Crippen LogP contribution in [0, 0.1) is 11.8 Å². The molecule has 1 aliphatic carbocycles. The summed E-state index contributed by atoms with van der Waals surface area (Å²) in [6.07, 6.45) is 5.45. The fourth-order valence-electron chi connectivity index (χ4n) is 2.88. The quantitative estimate of drug-likeness (QED) is 0.860. The van der Waals surface area contributed by atoms with E-state index in [0.717, 1.165) is 31.0 Å². The lowest BCUT2D eigenvalue weighted by Crippen LogP contribution is -2.47. The van der Waals surface area contributed by atoms with Gasteiger partial charge in [-0.1, -0.05) is 26.7 Å². The molecule has 2 atom stereocenters. The van der Waals surface area contributed by atoms with E-state index in [1.54, 1.807) is 7.05 Å². The van der Waals surface area contributed by atoms with Crippen molar-refractivity contribution in [3.05, 3.63) is 5.82 Å². The first kappa shape index (κ1) is 12.5. The van der Waals surface area contributed by atoms with Gasteiger partial charge in [0, 0.05) is 12.0 Å². The van der Waals surface area contributed by atoms with E-state index in [2.05, 4.69) is 29.3 Å². The van der Waals surface area contributed by atoms with Crippen LogP contribution in [-0.4, -0.2) is 25.7 Å². The summed E-state index contributed by atoms with van der Waals surface area (Å²) < 4.78 is 0. The minimum Gasteiger partial charge on any atom is -0.325 e. The molecule has 0 aromatic carbocycles. The van der Waals surface area contributed by atoms with Crippen molar-refractivity contribution < 1.29 is 0 Å². The summed E-state index contributed by atoms with van der Waals surface area (Å²) in [7, 11) is 1.79.